The second-order valence-electron chi connectivity index (χ2n) is 6.40. The fourth-order valence-electron chi connectivity index (χ4n) is 2.88. The molecule has 2 aromatic rings. The van der Waals surface area contributed by atoms with Crippen LogP contribution in [-0.2, 0) is 31.8 Å². The van der Waals surface area contributed by atoms with Gasteiger partial charge in [0.25, 0.3) is 0 Å². The molecule has 0 radical (unpaired) electrons. The van der Waals surface area contributed by atoms with E-state index in [0.29, 0.717) is 5.82 Å². The van der Waals surface area contributed by atoms with Gasteiger partial charge in [-0.1, -0.05) is 0 Å². The number of aromatic nitrogens is 3. The Morgan fingerprint density at radius 1 is 1.16 bits per heavy atom. The third-order valence-electron chi connectivity index (χ3n) is 3.77. The molecule has 134 valence electrons. The molecule has 1 aromatic carbocycles. The molecule has 0 saturated carbocycles. The highest BCUT2D eigenvalue weighted by molar-refractivity contribution is 5.84. The van der Waals surface area contributed by atoms with Gasteiger partial charge in [0.1, 0.15) is 0 Å². The summed E-state index contributed by atoms with van der Waals surface area (Å²) < 4.78 is 0. The summed E-state index contributed by atoms with van der Waals surface area (Å²) in [5, 5.41) is 11.4. The number of aryl methyl sites for hydroxylation is 3. The topological polar surface area (TPSA) is 95.3 Å². The second-order valence-corrected chi connectivity index (χ2v) is 6.40. The minimum Gasteiger partial charge on any atom is -0.337 e. The van der Waals surface area contributed by atoms with E-state index < -0.39 is 17.4 Å². The summed E-state index contributed by atoms with van der Waals surface area (Å²) in [7, 11) is 1.74. The van der Waals surface area contributed by atoms with Gasteiger partial charge < -0.3 is 5.32 Å². The molecule has 8 nitrogen and oxygen atoms in total. The predicted molar refractivity (Wildman–Crippen MR) is 91.1 cm³/mol. The third kappa shape index (κ3) is 4.14. The number of hydrogen-bond donors (Lipinski definition) is 1. The van der Waals surface area contributed by atoms with E-state index in [4.69, 9.17) is 0 Å². The van der Waals surface area contributed by atoms with Crippen LogP contribution in [0.3, 0.4) is 0 Å². The molecule has 0 aliphatic rings. The minimum absolute atomic E-state index is 0.627. The Bertz CT molecular complexity index is 788. The van der Waals surface area contributed by atoms with E-state index >= 15 is 0 Å². The average Bonchev–Trinajstić information content (AvgIpc) is 2.88. The Kier molecular flexibility index (Phi) is 5.10. The highest BCUT2D eigenvalue weighted by Gasteiger charge is 2.36. The SMILES string of the molecule is CC(=O)OOC(=O)C(C)(C)c1c(C)cc(Nc2cnn(C)n2)cc1C. The molecule has 0 bridgehead atoms. The van der Waals surface area contributed by atoms with Gasteiger partial charge in [-0.25, -0.2) is 19.4 Å². The maximum Gasteiger partial charge on any atom is 0.365 e. The summed E-state index contributed by atoms with van der Waals surface area (Å²) in [6, 6.07) is 3.83. The maximum atomic E-state index is 12.3. The molecule has 0 aliphatic carbocycles. The molecule has 1 N–H and O–H groups in total. The van der Waals surface area contributed by atoms with E-state index in [2.05, 4.69) is 25.3 Å². The van der Waals surface area contributed by atoms with Crippen molar-refractivity contribution in [1.82, 2.24) is 15.0 Å². The monoisotopic (exact) mass is 346 g/mol. The molecule has 8 heteroatoms. The van der Waals surface area contributed by atoms with Gasteiger partial charge in [0, 0.05) is 19.7 Å². The molecule has 0 amide bonds. The van der Waals surface area contributed by atoms with Crippen LogP contribution >= 0.6 is 0 Å². The molecular formula is C17H22N4O4. The van der Waals surface area contributed by atoms with Crippen molar-refractivity contribution in [3.63, 3.8) is 0 Å². The van der Waals surface area contributed by atoms with Crippen molar-refractivity contribution in [2.75, 3.05) is 5.32 Å². The van der Waals surface area contributed by atoms with Gasteiger partial charge in [-0.2, -0.15) is 9.90 Å². The molecular weight excluding hydrogens is 324 g/mol. The maximum absolute atomic E-state index is 12.3. The number of rotatable bonds is 4. The number of anilines is 2. The summed E-state index contributed by atoms with van der Waals surface area (Å²) in [6.45, 7) is 8.44. The van der Waals surface area contributed by atoms with Gasteiger partial charge in [0.2, 0.25) is 0 Å². The zero-order valence-electron chi connectivity index (χ0n) is 15.2. The molecule has 25 heavy (non-hydrogen) atoms. The average molecular weight is 346 g/mol. The summed E-state index contributed by atoms with van der Waals surface area (Å²) in [4.78, 5) is 33.6. The summed E-state index contributed by atoms with van der Waals surface area (Å²) in [5.41, 5.74) is 2.47. The molecule has 1 heterocycles. The van der Waals surface area contributed by atoms with Crippen molar-refractivity contribution in [2.24, 2.45) is 7.05 Å². The van der Waals surface area contributed by atoms with Gasteiger partial charge >= 0.3 is 11.9 Å². The van der Waals surface area contributed by atoms with Crippen LogP contribution in [0.15, 0.2) is 18.3 Å². The van der Waals surface area contributed by atoms with Crippen molar-refractivity contribution in [2.45, 2.75) is 40.0 Å². The van der Waals surface area contributed by atoms with E-state index in [1.807, 2.05) is 26.0 Å². The lowest BCUT2D eigenvalue weighted by atomic mass is 9.79. The standard InChI is InChI=1S/C17H22N4O4/c1-10-7-13(19-14-9-18-21(6)20-14)8-11(2)15(10)17(4,5)16(23)25-24-12(3)22/h7-9H,1-6H3,(H,19,20). The van der Waals surface area contributed by atoms with Crippen molar-refractivity contribution in [1.29, 1.82) is 0 Å². The quantitative estimate of drug-likeness (QED) is 0.671. The number of nitrogens with zero attached hydrogens (tertiary/aromatic N) is 3. The number of benzene rings is 1. The molecule has 0 spiro atoms. The lowest BCUT2D eigenvalue weighted by Gasteiger charge is -2.26. The van der Waals surface area contributed by atoms with E-state index in [9.17, 15) is 9.59 Å². The van der Waals surface area contributed by atoms with E-state index in [0.717, 1.165) is 22.4 Å². The third-order valence-corrected chi connectivity index (χ3v) is 3.77. The molecule has 0 atom stereocenters. The van der Waals surface area contributed by atoms with Crippen LogP contribution in [0.4, 0.5) is 11.5 Å². The first kappa shape index (κ1) is 18.4. The summed E-state index contributed by atoms with van der Waals surface area (Å²) in [6.07, 6.45) is 1.62. The highest BCUT2D eigenvalue weighted by atomic mass is 17.2. The van der Waals surface area contributed by atoms with Gasteiger partial charge in [0.15, 0.2) is 5.82 Å². The van der Waals surface area contributed by atoms with Crippen LogP contribution in [0, 0.1) is 13.8 Å². The Morgan fingerprint density at radius 3 is 2.24 bits per heavy atom. The number of carbonyl (C=O) groups is 2. The van der Waals surface area contributed by atoms with E-state index in [-0.39, 0.29) is 0 Å². The fourth-order valence-corrected chi connectivity index (χ4v) is 2.88. The van der Waals surface area contributed by atoms with Crippen LogP contribution in [0.25, 0.3) is 0 Å². The molecule has 1 aromatic heterocycles. The van der Waals surface area contributed by atoms with Crippen molar-refractivity contribution in [3.8, 4) is 0 Å². The lowest BCUT2D eigenvalue weighted by Crippen LogP contribution is -2.33. The Labute approximate surface area is 146 Å². The largest absolute Gasteiger partial charge is 0.365 e. The normalized spacial score (nSPS) is 11.1. The first-order valence-corrected chi connectivity index (χ1v) is 7.76. The summed E-state index contributed by atoms with van der Waals surface area (Å²) in [5.74, 6) is -0.688. The van der Waals surface area contributed by atoms with Crippen molar-refractivity contribution < 1.29 is 19.4 Å². The van der Waals surface area contributed by atoms with Crippen LogP contribution in [-0.4, -0.2) is 26.9 Å². The van der Waals surface area contributed by atoms with Gasteiger partial charge in [0.05, 0.1) is 11.6 Å². The van der Waals surface area contributed by atoms with Crippen molar-refractivity contribution >= 4 is 23.4 Å². The van der Waals surface area contributed by atoms with E-state index in [1.54, 1.807) is 27.1 Å². The highest BCUT2D eigenvalue weighted by Crippen LogP contribution is 2.33. The molecule has 0 unspecified atom stereocenters. The first-order valence-electron chi connectivity index (χ1n) is 7.76. The lowest BCUT2D eigenvalue weighted by molar-refractivity contribution is -0.261. The minimum atomic E-state index is -0.977. The smallest absolute Gasteiger partial charge is 0.337 e. The van der Waals surface area contributed by atoms with Crippen LogP contribution in [0.5, 0.6) is 0 Å². The predicted octanol–water partition coefficient (Wildman–Crippen LogP) is 2.47. The van der Waals surface area contributed by atoms with Gasteiger partial charge in [-0.05, 0) is 56.5 Å². The Morgan fingerprint density at radius 2 is 1.76 bits per heavy atom. The molecule has 0 saturated heterocycles. The zero-order chi connectivity index (χ0) is 18.8. The van der Waals surface area contributed by atoms with Crippen LogP contribution in [0.2, 0.25) is 0 Å². The molecule has 0 aliphatic heterocycles. The Balaban J connectivity index is 2.29. The van der Waals surface area contributed by atoms with Crippen molar-refractivity contribution in [3.05, 3.63) is 35.0 Å². The fraction of sp³-hybridized carbons (Fsp3) is 0.412. The number of nitrogens with one attached hydrogen (secondary N) is 1. The van der Waals surface area contributed by atoms with Gasteiger partial charge in [-0.3, -0.25) is 0 Å². The van der Waals surface area contributed by atoms with E-state index in [1.165, 1.54) is 11.7 Å². The molecule has 0 fully saturated rings. The number of hydrogen-bond acceptors (Lipinski definition) is 7. The Hall–Kier alpha value is -2.90. The second kappa shape index (κ2) is 6.92. The van der Waals surface area contributed by atoms with Gasteiger partial charge in [-0.15, -0.1) is 5.10 Å². The zero-order valence-corrected chi connectivity index (χ0v) is 15.2. The van der Waals surface area contributed by atoms with Crippen LogP contribution < -0.4 is 5.32 Å². The molecule has 2 rings (SSSR count). The van der Waals surface area contributed by atoms with Crippen LogP contribution in [0.1, 0.15) is 37.5 Å². The first-order chi connectivity index (χ1) is 11.6. The summed E-state index contributed by atoms with van der Waals surface area (Å²) >= 11 is 0. The number of carbonyl (C=O) groups excluding carboxylic acids is 2.